The van der Waals surface area contributed by atoms with Crippen molar-refractivity contribution in [3.63, 3.8) is 0 Å². The minimum absolute atomic E-state index is 0.0494. The molecule has 0 aliphatic heterocycles. The molecule has 0 fully saturated rings. The number of methoxy groups -OCH3 is 1. The van der Waals surface area contributed by atoms with Gasteiger partial charge >= 0.3 is 5.97 Å². The topological polar surface area (TPSA) is 88.8 Å². The standard InChI is InChI=1S/C17H12ClNO5/c1-23-17(22)11-3-2-4-12(15(11)20)19-16(21)14-8-9-7-10(18)5-6-13(9)24-14/h2-8,20H,1H3,(H,19,21). The number of halogens is 1. The second-order valence-corrected chi connectivity index (χ2v) is 5.38. The van der Waals surface area contributed by atoms with Gasteiger partial charge in [0.1, 0.15) is 11.1 Å². The number of rotatable bonds is 3. The molecular formula is C17H12ClNO5. The summed E-state index contributed by atoms with van der Waals surface area (Å²) >= 11 is 5.90. The minimum atomic E-state index is -0.707. The molecule has 24 heavy (non-hydrogen) atoms. The molecule has 3 rings (SSSR count). The Bertz CT molecular complexity index is 947. The highest BCUT2D eigenvalue weighted by molar-refractivity contribution is 6.31. The number of ether oxygens (including phenoxy) is 1. The van der Waals surface area contributed by atoms with Gasteiger partial charge in [0.2, 0.25) is 0 Å². The third-order valence-corrected chi connectivity index (χ3v) is 3.63. The average Bonchev–Trinajstić information content (AvgIpc) is 2.99. The molecule has 0 spiro atoms. The number of nitrogens with one attached hydrogen (secondary N) is 1. The molecule has 0 aliphatic carbocycles. The van der Waals surface area contributed by atoms with Crippen molar-refractivity contribution in [1.29, 1.82) is 0 Å². The van der Waals surface area contributed by atoms with E-state index in [0.29, 0.717) is 16.0 Å². The summed E-state index contributed by atoms with van der Waals surface area (Å²) < 4.78 is 10.0. The van der Waals surface area contributed by atoms with E-state index in [2.05, 4.69) is 10.1 Å². The predicted octanol–water partition coefficient (Wildman–Crippen LogP) is 3.83. The Morgan fingerprint density at radius 3 is 2.75 bits per heavy atom. The van der Waals surface area contributed by atoms with E-state index in [0.717, 1.165) is 0 Å². The quantitative estimate of drug-likeness (QED) is 0.556. The first-order chi connectivity index (χ1) is 11.5. The van der Waals surface area contributed by atoms with Crippen molar-refractivity contribution in [2.75, 3.05) is 12.4 Å². The number of hydrogen-bond donors (Lipinski definition) is 2. The molecule has 0 aliphatic rings. The van der Waals surface area contributed by atoms with Gasteiger partial charge in [0.25, 0.3) is 5.91 Å². The van der Waals surface area contributed by atoms with E-state index in [4.69, 9.17) is 16.0 Å². The molecule has 1 aromatic heterocycles. The minimum Gasteiger partial charge on any atom is -0.505 e. The highest BCUT2D eigenvalue weighted by Gasteiger charge is 2.18. The number of phenols is 1. The average molecular weight is 346 g/mol. The van der Waals surface area contributed by atoms with Gasteiger partial charge in [-0.15, -0.1) is 0 Å². The van der Waals surface area contributed by atoms with Crippen molar-refractivity contribution in [1.82, 2.24) is 0 Å². The highest BCUT2D eigenvalue weighted by Crippen LogP contribution is 2.29. The van der Waals surface area contributed by atoms with E-state index >= 15 is 0 Å². The zero-order valence-electron chi connectivity index (χ0n) is 12.5. The molecule has 1 amide bonds. The lowest BCUT2D eigenvalue weighted by molar-refractivity contribution is 0.0597. The van der Waals surface area contributed by atoms with Gasteiger partial charge in [-0.25, -0.2) is 4.79 Å². The lowest BCUT2D eigenvalue weighted by Gasteiger charge is -2.08. The van der Waals surface area contributed by atoms with Crippen LogP contribution in [0.1, 0.15) is 20.9 Å². The summed E-state index contributed by atoms with van der Waals surface area (Å²) in [7, 11) is 1.20. The van der Waals surface area contributed by atoms with E-state index in [1.807, 2.05) is 0 Å². The third-order valence-electron chi connectivity index (χ3n) is 3.39. The Labute approximate surface area is 141 Å². The molecule has 7 heteroatoms. The van der Waals surface area contributed by atoms with Crippen LogP contribution in [0, 0.1) is 0 Å². The summed E-state index contributed by atoms with van der Waals surface area (Å²) in [5, 5.41) is 13.8. The van der Waals surface area contributed by atoms with Crippen LogP contribution in [0.15, 0.2) is 46.9 Å². The van der Waals surface area contributed by atoms with Crippen LogP contribution < -0.4 is 5.32 Å². The first kappa shape index (κ1) is 15.9. The van der Waals surface area contributed by atoms with E-state index in [-0.39, 0.29) is 22.8 Å². The number of anilines is 1. The number of para-hydroxylation sites is 1. The van der Waals surface area contributed by atoms with Crippen molar-refractivity contribution in [3.05, 3.63) is 58.8 Å². The van der Waals surface area contributed by atoms with Crippen molar-refractivity contribution in [2.24, 2.45) is 0 Å². The van der Waals surface area contributed by atoms with Crippen molar-refractivity contribution in [2.45, 2.75) is 0 Å². The van der Waals surface area contributed by atoms with Crippen LogP contribution in [0.4, 0.5) is 5.69 Å². The van der Waals surface area contributed by atoms with Crippen molar-refractivity contribution in [3.8, 4) is 5.75 Å². The van der Waals surface area contributed by atoms with E-state index in [9.17, 15) is 14.7 Å². The molecule has 6 nitrogen and oxygen atoms in total. The number of benzene rings is 2. The number of phenolic OH excluding ortho intramolecular Hbond substituents is 1. The van der Waals surface area contributed by atoms with E-state index < -0.39 is 11.9 Å². The van der Waals surface area contributed by atoms with Gasteiger partial charge in [-0.3, -0.25) is 4.79 Å². The molecule has 0 bridgehead atoms. The molecule has 0 saturated heterocycles. The summed E-state index contributed by atoms with van der Waals surface area (Å²) in [6.07, 6.45) is 0. The Morgan fingerprint density at radius 2 is 2.00 bits per heavy atom. The van der Waals surface area contributed by atoms with Crippen LogP contribution in [-0.2, 0) is 4.74 Å². The van der Waals surface area contributed by atoms with Gasteiger partial charge in [0, 0.05) is 10.4 Å². The molecule has 2 aromatic carbocycles. The maximum Gasteiger partial charge on any atom is 0.341 e. The van der Waals surface area contributed by atoms with Gasteiger partial charge < -0.3 is 19.6 Å². The molecule has 3 aromatic rings. The Kier molecular flexibility index (Phi) is 4.14. The fourth-order valence-electron chi connectivity index (χ4n) is 2.23. The van der Waals surface area contributed by atoms with Gasteiger partial charge in [0.05, 0.1) is 12.8 Å². The fraction of sp³-hybridized carbons (Fsp3) is 0.0588. The Morgan fingerprint density at radius 1 is 1.21 bits per heavy atom. The molecule has 0 unspecified atom stereocenters. The maximum absolute atomic E-state index is 12.3. The number of amides is 1. The zero-order chi connectivity index (χ0) is 17.3. The summed E-state index contributed by atoms with van der Waals surface area (Å²) in [5.41, 5.74) is 0.533. The SMILES string of the molecule is COC(=O)c1cccc(NC(=O)c2cc3cc(Cl)ccc3o2)c1O. The lowest BCUT2D eigenvalue weighted by Crippen LogP contribution is -2.12. The number of esters is 1. The maximum atomic E-state index is 12.3. The lowest BCUT2D eigenvalue weighted by atomic mass is 10.1. The third kappa shape index (κ3) is 2.91. The summed E-state index contributed by atoms with van der Waals surface area (Å²) in [6, 6.07) is 10.9. The van der Waals surface area contributed by atoms with Gasteiger partial charge in [-0.2, -0.15) is 0 Å². The first-order valence-electron chi connectivity index (χ1n) is 6.90. The zero-order valence-corrected chi connectivity index (χ0v) is 13.3. The predicted molar refractivity (Wildman–Crippen MR) is 88.6 cm³/mol. The summed E-state index contributed by atoms with van der Waals surface area (Å²) in [6.45, 7) is 0. The van der Waals surface area contributed by atoms with E-state index in [1.54, 1.807) is 18.2 Å². The van der Waals surface area contributed by atoms with Gasteiger partial charge in [-0.05, 0) is 36.4 Å². The van der Waals surface area contributed by atoms with Crippen LogP contribution in [-0.4, -0.2) is 24.1 Å². The highest BCUT2D eigenvalue weighted by atomic mass is 35.5. The number of aromatic hydroxyl groups is 1. The molecule has 0 saturated carbocycles. The second-order valence-electron chi connectivity index (χ2n) is 4.94. The molecule has 0 atom stereocenters. The van der Waals surface area contributed by atoms with Crippen LogP contribution in [0.2, 0.25) is 5.02 Å². The summed E-state index contributed by atoms with van der Waals surface area (Å²) in [4.78, 5) is 23.9. The fourth-order valence-corrected chi connectivity index (χ4v) is 2.41. The number of hydrogen-bond acceptors (Lipinski definition) is 5. The first-order valence-corrected chi connectivity index (χ1v) is 7.28. The monoisotopic (exact) mass is 345 g/mol. The normalized spacial score (nSPS) is 10.6. The molecule has 1 heterocycles. The molecule has 122 valence electrons. The number of carbonyl (C=O) groups excluding carboxylic acids is 2. The van der Waals surface area contributed by atoms with Crippen molar-refractivity contribution < 1.29 is 23.8 Å². The molecule has 2 N–H and O–H groups in total. The van der Waals surface area contributed by atoms with Crippen LogP contribution in [0.3, 0.4) is 0 Å². The Hall–Kier alpha value is -2.99. The van der Waals surface area contributed by atoms with Crippen LogP contribution in [0.25, 0.3) is 11.0 Å². The number of fused-ring (bicyclic) bond motifs is 1. The van der Waals surface area contributed by atoms with Gasteiger partial charge in [-0.1, -0.05) is 17.7 Å². The number of carbonyl (C=O) groups is 2. The van der Waals surface area contributed by atoms with E-state index in [1.165, 1.54) is 31.4 Å². The smallest absolute Gasteiger partial charge is 0.341 e. The number of furan rings is 1. The largest absolute Gasteiger partial charge is 0.505 e. The summed E-state index contributed by atoms with van der Waals surface area (Å²) in [5.74, 6) is -1.60. The Balaban J connectivity index is 1.90. The van der Waals surface area contributed by atoms with Crippen molar-refractivity contribution >= 4 is 40.1 Å². The van der Waals surface area contributed by atoms with Gasteiger partial charge in [0.15, 0.2) is 11.5 Å². The van der Waals surface area contributed by atoms with Crippen LogP contribution in [0.5, 0.6) is 5.75 Å². The molecule has 0 radical (unpaired) electrons. The molecular weight excluding hydrogens is 334 g/mol. The van der Waals surface area contributed by atoms with Crippen LogP contribution >= 0.6 is 11.6 Å². The second kappa shape index (κ2) is 6.25.